The van der Waals surface area contributed by atoms with Gasteiger partial charge in [0.15, 0.2) is 5.82 Å². The van der Waals surface area contributed by atoms with Crippen LogP contribution < -0.4 is 4.90 Å². The molecule has 3 heterocycles. The smallest absolute Gasteiger partial charge is 0.251 e. The van der Waals surface area contributed by atoms with E-state index in [-0.39, 0.29) is 6.04 Å². The summed E-state index contributed by atoms with van der Waals surface area (Å²) in [4.78, 5) is 11.1. The minimum absolute atomic E-state index is 0.0853. The van der Waals surface area contributed by atoms with Gasteiger partial charge in [0, 0.05) is 24.0 Å². The molecule has 1 saturated heterocycles. The molecular weight excluding hydrogens is 278 g/mol. The van der Waals surface area contributed by atoms with Crippen LogP contribution >= 0.6 is 11.5 Å². The summed E-state index contributed by atoms with van der Waals surface area (Å²) in [7, 11) is 0. The lowest BCUT2D eigenvalue weighted by atomic mass is 10.2. The third kappa shape index (κ3) is 2.53. The standard InChI is InChI=1S/C12H17N5O2S/c1-7(2)10-14-12(20-16-10)17-4-5-18-6-9(17)11-13-8(3)15-19-11/h7,9H,4-6H2,1-3H3/t9-/m0/s1. The number of nitrogens with zero attached hydrogens (tertiary/aromatic N) is 5. The molecule has 3 rings (SSSR count). The Morgan fingerprint density at radius 1 is 1.35 bits per heavy atom. The van der Waals surface area contributed by atoms with Crippen molar-refractivity contribution >= 4 is 16.7 Å². The molecule has 108 valence electrons. The molecule has 8 heteroatoms. The molecular formula is C12H17N5O2S. The van der Waals surface area contributed by atoms with E-state index in [1.165, 1.54) is 11.5 Å². The molecule has 2 aromatic rings. The van der Waals surface area contributed by atoms with Gasteiger partial charge in [-0.2, -0.15) is 9.36 Å². The van der Waals surface area contributed by atoms with Crippen LogP contribution in [0.1, 0.15) is 43.3 Å². The van der Waals surface area contributed by atoms with Crippen LogP contribution in [0.4, 0.5) is 5.13 Å². The molecule has 1 fully saturated rings. The first-order valence-corrected chi connectivity index (χ1v) is 7.40. The van der Waals surface area contributed by atoms with E-state index in [1.807, 2.05) is 6.92 Å². The zero-order chi connectivity index (χ0) is 14.1. The predicted molar refractivity (Wildman–Crippen MR) is 73.9 cm³/mol. The van der Waals surface area contributed by atoms with Crippen LogP contribution in [0.15, 0.2) is 4.52 Å². The van der Waals surface area contributed by atoms with Gasteiger partial charge in [0.1, 0.15) is 11.9 Å². The van der Waals surface area contributed by atoms with E-state index >= 15 is 0 Å². The van der Waals surface area contributed by atoms with E-state index in [4.69, 9.17) is 9.26 Å². The second kappa shape index (κ2) is 5.45. The second-order valence-corrected chi connectivity index (χ2v) is 5.78. The molecule has 1 aliphatic rings. The quantitative estimate of drug-likeness (QED) is 0.856. The van der Waals surface area contributed by atoms with Crippen molar-refractivity contribution in [2.24, 2.45) is 0 Å². The number of morpholine rings is 1. The molecule has 0 aromatic carbocycles. The van der Waals surface area contributed by atoms with Crippen LogP contribution in [0, 0.1) is 6.92 Å². The van der Waals surface area contributed by atoms with Crippen molar-refractivity contribution in [2.45, 2.75) is 32.7 Å². The Hall–Kier alpha value is -1.54. The summed E-state index contributed by atoms with van der Waals surface area (Å²) in [5.41, 5.74) is 0. The minimum atomic E-state index is -0.0853. The third-order valence-electron chi connectivity index (χ3n) is 3.15. The monoisotopic (exact) mass is 295 g/mol. The van der Waals surface area contributed by atoms with Crippen LogP contribution in [0.5, 0.6) is 0 Å². The van der Waals surface area contributed by atoms with Crippen molar-refractivity contribution in [1.82, 2.24) is 19.5 Å². The van der Waals surface area contributed by atoms with Gasteiger partial charge in [0.05, 0.1) is 13.2 Å². The second-order valence-electron chi connectivity index (χ2n) is 5.05. The molecule has 0 saturated carbocycles. The number of hydrogen-bond acceptors (Lipinski definition) is 8. The lowest BCUT2D eigenvalue weighted by Crippen LogP contribution is -2.39. The van der Waals surface area contributed by atoms with E-state index in [0.29, 0.717) is 30.8 Å². The van der Waals surface area contributed by atoms with Gasteiger partial charge < -0.3 is 14.2 Å². The van der Waals surface area contributed by atoms with Gasteiger partial charge >= 0.3 is 0 Å². The number of ether oxygens (including phenoxy) is 1. The first-order valence-electron chi connectivity index (χ1n) is 6.63. The van der Waals surface area contributed by atoms with Gasteiger partial charge in [-0.1, -0.05) is 19.0 Å². The number of hydrogen-bond donors (Lipinski definition) is 0. The Kier molecular flexibility index (Phi) is 3.66. The topological polar surface area (TPSA) is 77.2 Å². The third-order valence-corrected chi connectivity index (χ3v) is 3.92. The van der Waals surface area contributed by atoms with Crippen LogP contribution in [0.25, 0.3) is 0 Å². The molecule has 0 amide bonds. The van der Waals surface area contributed by atoms with Gasteiger partial charge in [0.25, 0.3) is 5.89 Å². The van der Waals surface area contributed by atoms with Gasteiger partial charge in [-0.05, 0) is 6.92 Å². The van der Waals surface area contributed by atoms with Gasteiger partial charge in [-0.3, -0.25) is 0 Å². The highest BCUT2D eigenvalue weighted by Gasteiger charge is 2.31. The highest BCUT2D eigenvalue weighted by atomic mass is 32.1. The maximum Gasteiger partial charge on any atom is 0.251 e. The van der Waals surface area contributed by atoms with Crippen molar-refractivity contribution in [3.8, 4) is 0 Å². The fourth-order valence-corrected chi connectivity index (χ4v) is 2.95. The number of anilines is 1. The summed E-state index contributed by atoms with van der Waals surface area (Å²) in [5, 5.41) is 4.74. The Labute approximate surface area is 121 Å². The van der Waals surface area contributed by atoms with Crippen LogP contribution in [0.3, 0.4) is 0 Å². The van der Waals surface area contributed by atoms with E-state index in [2.05, 4.69) is 38.2 Å². The molecule has 0 N–H and O–H groups in total. The lowest BCUT2D eigenvalue weighted by Gasteiger charge is -2.32. The zero-order valence-corrected chi connectivity index (χ0v) is 12.6. The maximum absolute atomic E-state index is 5.54. The van der Waals surface area contributed by atoms with E-state index in [0.717, 1.165) is 17.5 Å². The molecule has 0 spiro atoms. The molecule has 0 bridgehead atoms. The average Bonchev–Trinajstić information content (AvgIpc) is 3.07. The fraction of sp³-hybridized carbons (Fsp3) is 0.667. The molecule has 1 aliphatic heterocycles. The maximum atomic E-state index is 5.54. The van der Waals surface area contributed by atoms with Crippen molar-refractivity contribution in [3.05, 3.63) is 17.5 Å². The van der Waals surface area contributed by atoms with Gasteiger partial charge in [0.2, 0.25) is 5.13 Å². The lowest BCUT2D eigenvalue weighted by molar-refractivity contribution is 0.0838. The van der Waals surface area contributed by atoms with Crippen LogP contribution in [0.2, 0.25) is 0 Å². The minimum Gasteiger partial charge on any atom is -0.377 e. The summed E-state index contributed by atoms with van der Waals surface area (Å²) in [5.74, 6) is 2.40. The normalized spacial score (nSPS) is 19.8. The van der Waals surface area contributed by atoms with E-state index in [1.54, 1.807) is 0 Å². The Morgan fingerprint density at radius 3 is 2.85 bits per heavy atom. The fourth-order valence-electron chi connectivity index (χ4n) is 2.06. The van der Waals surface area contributed by atoms with Crippen molar-refractivity contribution in [3.63, 3.8) is 0 Å². The Bertz CT molecular complexity index is 582. The van der Waals surface area contributed by atoms with Crippen LogP contribution in [-0.2, 0) is 4.74 Å². The molecule has 2 aromatic heterocycles. The van der Waals surface area contributed by atoms with Crippen molar-refractivity contribution in [1.29, 1.82) is 0 Å². The first-order chi connectivity index (χ1) is 9.65. The predicted octanol–water partition coefficient (Wildman–Crippen LogP) is 1.93. The average molecular weight is 295 g/mol. The van der Waals surface area contributed by atoms with Crippen molar-refractivity contribution in [2.75, 3.05) is 24.7 Å². The number of aryl methyl sites for hydroxylation is 1. The highest BCUT2D eigenvalue weighted by molar-refractivity contribution is 7.09. The van der Waals surface area contributed by atoms with E-state index < -0.39 is 0 Å². The van der Waals surface area contributed by atoms with Crippen molar-refractivity contribution < 1.29 is 9.26 Å². The molecule has 7 nitrogen and oxygen atoms in total. The van der Waals surface area contributed by atoms with Gasteiger partial charge in [-0.25, -0.2) is 4.98 Å². The summed E-state index contributed by atoms with van der Waals surface area (Å²) >= 11 is 1.41. The molecule has 0 unspecified atom stereocenters. The molecule has 1 atom stereocenters. The Balaban J connectivity index is 1.88. The SMILES string of the molecule is Cc1noc([C@@H]2COCCN2c2nc(C(C)C)ns2)n1. The first kappa shape index (κ1) is 13.4. The zero-order valence-electron chi connectivity index (χ0n) is 11.7. The van der Waals surface area contributed by atoms with E-state index in [9.17, 15) is 0 Å². The van der Waals surface area contributed by atoms with Crippen LogP contribution in [-0.4, -0.2) is 39.3 Å². The molecule has 20 heavy (non-hydrogen) atoms. The largest absolute Gasteiger partial charge is 0.377 e. The summed E-state index contributed by atoms with van der Waals surface area (Å²) in [6.45, 7) is 7.92. The summed E-state index contributed by atoms with van der Waals surface area (Å²) in [6.07, 6.45) is 0. The highest BCUT2D eigenvalue weighted by Crippen LogP contribution is 2.31. The number of aromatic nitrogens is 4. The Morgan fingerprint density at radius 2 is 2.20 bits per heavy atom. The number of rotatable bonds is 3. The summed E-state index contributed by atoms with van der Waals surface area (Å²) < 4.78 is 15.2. The van der Waals surface area contributed by atoms with Gasteiger partial charge in [-0.15, -0.1) is 0 Å². The molecule has 0 radical (unpaired) electrons. The summed E-state index contributed by atoms with van der Waals surface area (Å²) in [6, 6.07) is -0.0853. The molecule has 0 aliphatic carbocycles.